The molecule has 1 atom stereocenters. The summed E-state index contributed by atoms with van der Waals surface area (Å²) in [5.41, 5.74) is 3.38. The Hall–Kier alpha value is -3.23. The first kappa shape index (κ1) is 21.5. The summed E-state index contributed by atoms with van der Waals surface area (Å²) < 4.78 is 2.13. The van der Waals surface area contributed by atoms with Crippen molar-refractivity contribution in [2.45, 2.75) is 39.4 Å². The van der Waals surface area contributed by atoms with Crippen LogP contribution in [0.3, 0.4) is 0 Å². The van der Waals surface area contributed by atoms with Crippen LogP contribution in [0.25, 0.3) is 0 Å². The third-order valence-electron chi connectivity index (χ3n) is 5.15. The molecule has 1 aromatic heterocycles. The molecule has 0 bridgehead atoms. The maximum atomic E-state index is 13.0. The van der Waals surface area contributed by atoms with Gasteiger partial charge in [-0.05, 0) is 67.4 Å². The van der Waals surface area contributed by atoms with Gasteiger partial charge < -0.3 is 14.8 Å². The SMILES string of the molecule is CC[C@H](C)N(Cc1cccn1Cc1cccc(Cl)c1)C(=O)Nc1ccc(C#N)cc1. The lowest BCUT2D eigenvalue weighted by Gasteiger charge is -2.29. The molecule has 1 heterocycles. The Morgan fingerprint density at radius 1 is 1.20 bits per heavy atom. The first-order valence-corrected chi connectivity index (χ1v) is 10.3. The first-order valence-electron chi connectivity index (χ1n) is 9.96. The number of benzene rings is 2. The maximum Gasteiger partial charge on any atom is 0.322 e. The molecule has 0 spiro atoms. The summed E-state index contributed by atoms with van der Waals surface area (Å²) >= 11 is 6.12. The average Bonchev–Trinajstić information content (AvgIpc) is 3.18. The third-order valence-corrected chi connectivity index (χ3v) is 5.38. The largest absolute Gasteiger partial charge is 0.345 e. The summed E-state index contributed by atoms with van der Waals surface area (Å²) in [5.74, 6) is 0. The van der Waals surface area contributed by atoms with Crippen LogP contribution in [0.4, 0.5) is 10.5 Å². The van der Waals surface area contributed by atoms with Crippen molar-refractivity contribution in [1.29, 1.82) is 5.26 Å². The highest BCUT2D eigenvalue weighted by atomic mass is 35.5. The van der Waals surface area contributed by atoms with E-state index < -0.39 is 0 Å². The van der Waals surface area contributed by atoms with Gasteiger partial charge in [-0.1, -0.05) is 30.7 Å². The molecular weight excluding hydrogens is 396 g/mol. The quantitative estimate of drug-likeness (QED) is 0.517. The van der Waals surface area contributed by atoms with Crippen LogP contribution >= 0.6 is 11.6 Å². The predicted molar refractivity (Wildman–Crippen MR) is 120 cm³/mol. The molecule has 0 aliphatic carbocycles. The van der Waals surface area contributed by atoms with E-state index in [2.05, 4.69) is 22.9 Å². The van der Waals surface area contributed by atoms with Crippen LogP contribution in [-0.4, -0.2) is 21.5 Å². The number of aromatic nitrogens is 1. The normalized spacial score (nSPS) is 11.5. The van der Waals surface area contributed by atoms with E-state index >= 15 is 0 Å². The molecule has 30 heavy (non-hydrogen) atoms. The topological polar surface area (TPSA) is 61.1 Å². The van der Waals surface area contributed by atoms with E-state index in [1.54, 1.807) is 24.3 Å². The van der Waals surface area contributed by atoms with Crippen molar-refractivity contribution in [3.8, 4) is 6.07 Å². The van der Waals surface area contributed by atoms with Crippen molar-refractivity contribution in [3.05, 3.63) is 88.7 Å². The van der Waals surface area contributed by atoms with Crippen LogP contribution in [-0.2, 0) is 13.1 Å². The number of urea groups is 1. The summed E-state index contributed by atoms with van der Waals surface area (Å²) in [7, 11) is 0. The molecule has 5 nitrogen and oxygen atoms in total. The van der Waals surface area contributed by atoms with Gasteiger partial charge in [-0.15, -0.1) is 0 Å². The van der Waals surface area contributed by atoms with Gasteiger partial charge in [0.1, 0.15) is 0 Å². The van der Waals surface area contributed by atoms with Crippen LogP contribution in [0.2, 0.25) is 5.02 Å². The Kier molecular flexibility index (Phi) is 7.16. The zero-order valence-corrected chi connectivity index (χ0v) is 17.9. The lowest BCUT2D eigenvalue weighted by molar-refractivity contribution is 0.185. The van der Waals surface area contributed by atoms with Crippen molar-refractivity contribution in [2.75, 3.05) is 5.32 Å². The number of nitriles is 1. The van der Waals surface area contributed by atoms with Gasteiger partial charge in [-0.2, -0.15) is 5.26 Å². The molecule has 2 amide bonds. The summed E-state index contributed by atoms with van der Waals surface area (Å²) in [6, 6.07) is 20.7. The Balaban J connectivity index is 1.76. The fourth-order valence-corrected chi connectivity index (χ4v) is 3.44. The second-order valence-electron chi connectivity index (χ2n) is 7.26. The van der Waals surface area contributed by atoms with E-state index in [0.29, 0.717) is 29.4 Å². The number of anilines is 1. The molecule has 0 saturated heterocycles. The number of carbonyl (C=O) groups excluding carboxylic acids is 1. The minimum atomic E-state index is -0.162. The molecule has 3 aromatic rings. The number of amides is 2. The molecule has 0 aliphatic rings. The smallest absolute Gasteiger partial charge is 0.322 e. The van der Waals surface area contributed by atoms with Gasteiger partial charge in [0.2, 0.25) is 0 Å². The monoisotopic (exact) mass is 420 g/mol. The molecule has 6 heteroatoms. The number of hydrogen-bond acceptors (Lipinski definition) is 2. The van der Waals surface area contributed by atoms with Crippen molar-refractivity contribution >= 4 is 23.3 Å². The van der Waals surface area contributed by atoms with Gasteiger partial charge in [-0.3, -0.25) is 0 Å². The predicted octanol–water partition coefficient (Wildman–Crippen LogP) is 5.89. The Morgan fingerprint density at radius 3 is 2.63 bits per heavy atom. The number of rotatable bonds is 7. The van der Waals surface area contributed by atoms with E-state index in [1.165, 1.54) is 0 Å². The zero-order valence-electron chi connectivity index (χ0n) is 17.2. The fourth-order valence-electron chi connectivity index (χ4n) is 3.23. The number of hydrogen-bond donors (Lipinski definition) is 1. The number of carbonyl (C=O) groups is 1. The molecule has 0 fully saturated rings. The lowest BCUT2D eigenvalue weighted by atomic mass is 10.2. The van der Waals surface area contributed by atoms with Crippen LogP contribution < -0.4 is 5.32 Å². The minimum absolute atomic E-state index is 0.0675. The number of halogens is 1. The van der Waals surface area contributed by atoms with E-state index in [1.807, 2.05) is 54.4 Å². The van der Waals surface area contributed by atoms with Crippen molar-refractivity contribution in [3.63, 3.8) is 0 Å². The zero-order chi connectivity index (χ0) is 21.5. The van der Waals surface area contributed by atoms with E-state index in [-0.39, 0.29) is 12.1 Å². The third kappa shape index (κ3) is 5.43. The summed E-state index contributed by atoms with van der Waals surface area (Å²) in [6.07, 6.45) is 2.86. The summed E-state index contributed by atoms with van der Waals surface area (Å²) in [5, 5.41) is 12.6. The van der Waals surface area contributed by atoms with E-state index in [4.69, 9.17) is 16.9 Å². The van der Waals surface area contributed by atoms with Crippen molar-refractivity contribution in [2.24, 2.45) is 0 Å². The summed E-state index contributed by atoms with van der Waals surface area (Å²) in [6.45, 7) is 5.29. The highest BCUT2D eigenvalue weighted by Crippen LogP contribution is 2.18. The van der Waals surface area contributed by atoms with E-state index in [9.17, 15) is 4.79 Å². The Labute approximate surface area is 182 Å². The molecule has 3 rings (SSSR count). The second-order valence-corrected chi connectivity index (χ2v) is 7.70. The van der Waals surface area contributed by atoms with E-state index in [0.717, 1.165) is 17.7 Å². The average molecular weight is 421 g/mol. The molecule has 0 radical (unpaired) electrons. The highest BCUT2D eigenvalue weighted by Gasteiger charge is 2.21. The second kappa shape index (κ2) is 10.00. The fraction of sp³-hybridized carbons (Fsp3) is 0.250. The van der Waals surface area contributed by atoms with Crippen molar-refractivity contribution < 1.29 is 4.79 Å². The van der Waals surface area contributed by atoms with Crippen molar-refractivity contribution in [1.82, 2.24) is 9.47 Å². The molecular formula is C24H25ClN4O. The first-order chi connectivity index (χ1) is 14.5. The molecule has 2 aromatic carbocycles. The minimum Gasteiger partial charge on any atom is -0.345 e. The number of nitrogens with zero attached hydrogens (tertiary/aromatic N) is 3. The molecule has 1 N–H and O–H groups in total. The lowest BCUT2D eigenvalue weighted by Crippen LogP contribution is -2.41. The molecule has 0 unspecified atom stereocenters. The number of nitrogens with one attached hydrogen (secondary N) is 1. The van der Waals surface area contributed by atoms with Gasteiger partial charge in [0, 0.05) is 35.2 Å². The van der Waals surface area contributed by atoms with Crippen LogP contribution in [0.15, 0.2) is 66.9 Å². The standard InChI is InChI=1S/C24H25ClN4O/c1-3-18(2)29(24(30)27-22-11-9-19(15-26)10-12-22)17-23-8-5-13-28(23)16-20-6-4-7-21(25)14-20/h4-14,18H,3,16-17H2,1-2H3,(H,27,30)/t18-/m0/s1. The Morgan fingerprint density at radius 2 is 1.97 bits per heavy atom. The van der Waals surface area contributed by atoms with Crippen LogP contribution in [0.1, 0.15) is 37.1 Å². The van der Waals surface area contributed by atoms with Gasteiger partial charge in [0.05, 0.1) is 18.2 Å². The van der Waals surface area contributed by atoms with Crippen LogP contribution in [0, 0.1) is 11.3 Å². The molecule has 0 saturated carbocycles. The highest BCUT2D eigenvalue weighted by molar-refractivity contribution is 6.30. The molecule has 154 valence electrons. The molecule has 0 aliphatic heterocycles. The maximum absolute atomic E-state index is 13.0. The van der Waals surface area contributed by atoms with Gasteiger partial charge >= 0.3 is 6.03 Å². The van der Waals surface area contributed by atoms with Gasteiger partial charge in [0.15, 0.2) is 0 Å². The van der Waals surface area contributed by atoms with Gasteiger partial charge in [-0.25, -0.2) is 4.79 Å². The Bertz CT molecular complexity index is 1040. The van der Waals surface area contributed by atoms with Gasteiger partial charge in [0.25, 0.3) is 0 Å². The van der Waals surface area contributed by atoms with Crippen LogP contribution in [0.5, 0.6) is 0 Å². The summed E-state index contributed by atoms with van der Waals surface area (Å²) in [4.78, 5) is 14.9.